The standard InChI is InChI=1S/C18H33Br/c1-2-3-4-5-6-7-8-9-10-11-12-13-14-15-16-17-18-19/h7-10H,2-6,11-18H2,1H3/b8-7+,10-9-. The van der Waals surface area contributed by atoms with Gasteiger partial charge in [0.2, 0.25) is 0 Å². The first-order valence-electron chi connectivity index (χ1n) is 8.29. The van der Waals surface area contributed by atoms with Crippen LogP contribution in [0, 0.1) is 0 Å². The number of alkyl halides is 1. The van der Waals surface area contributed by atoms with Gasteiger partial charge in [0.25, 0.3) is 0 Å². The van der Waals surface area contributed by atoms with E-state index in [0.29, 0.717) is 0 Å². The van der Waals surface area contributed by atoms with Gasteiger partial charge in [0.05, 0.1) is 0 Å². The van der Waals surface area contributed by atoms with Crippen LogP contribution < -0.4 is 0 Å². The minimum Gasteiger partial charge on any atom is -0.0928 e. The summed E-state index contributed by atoms with van der Waals surface area (Å²) in [6, 6.07) is 0. The van der Waals surface area contributed by atoms with Crippen molar-refractivity contribution in [1.82, 2.24) is 0 Å². The monoisotopic (exact) mass is 328 g/mol. The Morgan fingerprint density at radius 2 is 1.11 bits per heavy atom. The maximum absolute atomic E-state index is 3.48. The first kappa shape index (κ1) is 19.0. The highest BCUT2D eigenvalue weighted by atomic mass is 79.9. The van der Waals surface area contributed by atoms with Crippen LogP contribution >= 0.6 is 15.9 Å². The van der Waals surface area contributed by atoms with Gasteiger partial charge in [0.1, 0.15) is 0 Å². The van der Waals surface area contributed by atoms with Crippen molar-refractivity contribution in [3.63, 3.8) is 0 Å². The van der Waals surface area contributed by atoms with Gasteiger partial charge >= 0.3 is 0 Å². The van der Waals surface area contributed by atoms with Crippen LogP contribution in [0.5, 0.6) is 0 Å². The molecule has 0 heterocycles. The lowest BCUT2D eigenvalue weighted by Gasteiger charge is -1.98. The molecule has 1 heteroatoms. The zero-order valence-corrected chi connectivity index (χ0v) is 14.5. The van der Waals surface area contributed by atoms with Gasteiger partial charge in [-0.25, -0.2) is 0 Å². The van der Waals surface area contributed by atoms with Gasteiger partial charge in [-0.3, -0.25) is 0 Å². The Balaban J connectivity index is 3.14. The minimum absolute atomic E-state index is 1.17. The maximum Gasteiger partial charge on any atom is 0.00313 e. The van der Waals surface area contributed by atoms with Crippen molar-refractivity contribution in [2.45, 2.75) is 84.0 Å². The van der Waals surface area contributed by atoms with Crippen molar-refractivity contribution in [3.05, 3.63) is 24.3 Å². The molecule has 0 saturated heterocycles. The molecule has 0 aliphatic rings. The molecule has 0 radical (unpaired) electrons. The molecule has 0 aromatic carbocycles. The molecular formula is C18H33Br. The van der Waals surface area contributed by atoms with Crippen LogP contribution in [0.4, 0.5) is 0 Å². The molecule has 0 unspecified atom stereocenters. The van der Waals surface area contributed by atoms with Crippen LogP contribution in [0.25, 0.3) is 0 Å². The molecule has 0 atom stereocenters. The zero-order valence-electron chi connectivity index (χ0n) is 12.9. The average molecular weight is 329 g/mol. The van der Waals surface area contributed by atoms with Crippen molar-refractivity contribution < 1.29 is 0 Å². The van der Waals surface area contributed by atoms with E-state index >= 15 is 0 Å². The molecule has 0 aliphatic carbocycles. The minimum atomic E-state index is 1.17. The van der Waals surface area contributed by atoms with E-state index in [0.717, 1.165) is 0 Å². The Morgan fingerprint density at radius 1 is 0.632 bits per heavy atom. The summed E-state index contributed by atoms with van der Waals surface area (Å²) in [4.78, 5) is 0. The summed E-state index contributed by atoms with van der Waals surface area (Å²) in [5, 5.41) is 1.17. The SMILES string of the molecule is CCCCCC/C=C/C=C\CCCCCCCCBr. The number of hydrogen-bond donors (Lipinski definition) is 0. The lowest BCUT2D eigenvalue weighted by molar-refractivity contribution is 0.614. The van der Waals surface area contributed by atoms with Crippen LogP contribution in [0.3, 0.4) is 0 Å². The summed E-state index contributed by atoms with van der Waals surface area (Å²) in [6.07, 6.45) is 25.3. The fourth-order valence-electron chi connectivity index (χ4n) is 2.10. The number of rotatable bonds is 14. The van der Waals surface area contributed by atoms with Crippen LogP contribution in [-0.2, 0) is 0 Å². The van der Waals surface area contributed by atoms with Crippen molar-refractivity contribution in [1.29, 1.82) is 0 Å². The van der Waals surface area contributed by atoms with Crippen molar-refractivity contribution in [2.75, 3.05) is 5.33 Å². The fourth-order valence-corrected chi connectivity index (χ4v) is 2.50. The second-order valence-corrected chi connectivity index (χ2v) is 6.10. The van der Waals surface area contributed by atoms with Crippen molar-refractivity contribution in [3.8, 4) is 0 Å². The maximum atomic E-state index is 3.48. The lowest BCUT2D eigenvalue weighted by Crippen LogP contribution is -1.80. The summed E-state index contributed by atoms with van der Waals surface area (Å²) in [5.41, 5.74) is 0. The van der Waals surface area contributed by atoms with Crippen LogP contribution in [0.15, 0.2) is 24.3 Å². The van der Waals surface area contributed by atoms with E-state index in [4.69, 9.17) is 0 Å². The summed E-state index contributed by atoms with van der Waals surface area (Å²) < 4.78 is 0. The summed E-state index contributed by atoms with van der Waals surface area (Å²) >= 11 is 3.48. The van der Waals surface area contributed by atoms with Gasteiger partial charge in [-0.05, 0) is 32.1 Å². The normalized spacial score (nSPS) is 11.9. The summed E-state index contributed by atoms with van der Waals surface area (Å²) in [5.74, 6) is 0. The predicted molar refractivity (Wildman–Crippen MR) is 93.2 cm³/mol. The molecule has 19 heavy (non-hydrogen) atoms. The quantitative estimate of drug-likeness (QED) is 0.180. The van der Waals surface area contributed by atoms with E-state index in [2.05, 4.69) is 47.2 Å². The van der Waals surface area contributed by atoms with E-state index in [1.54, 1.807) is 0 Å². The third kappa shape index (κ3) is 18.0. The molecule has 0 rings (SSSR count). The van der Waals surface area contributed by atoms with Gasteiger partial charge in [-0.15, -0.1) is 0 Å². The molecule has 0 bridgehead atoms. The molecule has 0 aromatic rings. The Hall–Kier alpha value is -0.0400. The third-order valence-electron chi connectivity index (χ3n) is 3.36. The number of halogens is 1. The molecule has 0 aliphatic heterocycles. The Kier molecular flexibility index (Phi) is 17.9. The highest BCUT2D eigenvalue weighted by Crippen LogP contribution is 2.08. The van der Waals surface area contributed by atoms with E-state index in [9.17, 15) is 0 Å². The zero-order chi connectivity index (χ0) is 14.0. The third-order valence-corrected chi connectivity index (χ3v) is 3.92. The van der Waals surface area contributed by atoms with Crippen LogP contribution in [-0.4, -0.2) is 5.33 Å². The number of unbranched alkanes of at least 4 members (excludes halogenated alkanes) is 10. The second-order valence-electron chi connectivity index (χ2n) is 5.30. The average Bonchev–Trinajstić information content (AvgIpc) is 2.43. The van der Waals surface area contributed by atoms with E-state index in [-0.39, 0.29) is 0 Å². The molecule has 0 amide bonds. The fraction of sp³-hybridized carbons (Fsp3) is 0.778. The largest absolute Gasteiger partial charge is 0.0928 e. The molecular weight excluding hydrogens is 296 g/mol. The van der Waals surface area contributed by atoms with Gasteiger partial charge < -0.3 is 0 Å². The first-order chi connectivity index (χ1) is 9.41. The van der Waals surface area contributed by atoms with Crippen LogP contribution in [0.1, 0.15) is 84.0 Å². The lowest BCUT2D eigenvalue weighted by atomic mass is 10.1. The van der Waals surface area contributed by atoms with Gasteiger partial charge in [0.15, 0.2) is 0 Å². The molecule has 0 fully saturated rings. The Bertz CT molecular complexity index is 206. The van der Waals surface area contributed by atoms with E-state index in [1.807, 2.05) is 0 Å². The van der Waals surface area contributed by atoms with Crippen molar-refractivity contribution in [2.24, 2.45) is 0 Å². The highest BCUT2D eigenvalue weighted by molar-refractivity contribution is 9.09. The van der Waals surface area contributed by atoms with Gasteiger partial charge in [-0.1, -0.05) is 92.1 Å². The predicted octanol–water partition coefficient (Wildman–Crippen LogP) is 7.19. The number of allylic oxidation sites excluding steroid dienone is 4. The molecule has 0 spiro atoms. The first-order valence-corrected chi connectivity index (χ1v) is 9.41. The summed E-state index contributed by atoms with van der Waals surface area (Å²) in [6.45, 7) is 2.26. The van der Waals surface area contributed by atoms with Crippen LogP contribution in [0.2, 0.25) is 0 Å². The summed E-state index contributed by atoms with van der Waals surface area (Å²) in [7, 11) is 0. The second kappa shape index (κ2) is 18.0. The number of hydrogen-bond acceptors (Lipinski definition) is 0. The molecule has 0 N–H and O–H groups in total. The van der Waals surface area contributed by atoms with Crippen molar-refractivity contribution >= 4 is 15.9 Å². The Morgan fingerprint density at radius 3 is 1.63 bits per heavy atom. The van der Waals surface area contributed by atoms with E-state index in [1.165, 1.54) is 82.4 Å². The molecule has 0 nitrogen and oxygen atoms in total. The molecule has 0 saturated carbocycles. The van der Waals surface area contributed by atoms with Gasteiger partial charge in [-0.2, -0.15) is 0 Å². The Labute approximate surface area is 129 Å². The topological polar surface area (TPSA) is 0 Å². The molecule has 0 aromatic heterocycles. The molecule has 112 valence electrons. The van der Waals surface area contributed by atoms with E-state index < -0.39 is 0 Å². The smallest absolute Gasteiger partial charge is 0.00313 e. The highest BCUT2D eigenvalue weighted by Gasteiger charge is 1.89. The van der Waals surface area contributed by atoms with Gasteiger partial charge in [0, 0.05) is 5.33 Å².